The first-order valence-electron chi connectivity index (χ1n) is 3.68. The van der Waals surface area contributed by atoms with Gasteiger partial charge in [-0.3, -0.25) is 0 Å². The van der Waals surface area contributed by atoms with Crippen LogP contribution in [0.1, 0.15) is 18.7 Å². The van der Waals surface area contributed by atoms with Gasteiger partial charge in [-0.2, -0.15) is 0 Å². The molecule has 0 saturated carbocycles. The molecular weight excluding hydrogens is 162 g/mol. The molecule has 2 heterocycles. The van der Waals surface area contributed by atoms with Gasteiger partial charge in [-0.05, 0) is 12.8 Å². The van der Waals surface area contributed by atoms with E-state index in [0.717, 1.165) is 24.6 Å². The molecule has 0 amide bonds. The van der Waals surface area contributed by atoms with Gasteiger partial charge in [0, 0.05) is 13.0 Å². The molecule has 0 spiro atoms. The Morgan fingerprint density at radius 2 is 2.27 bits per heavy atom. The Morgan fingerprint density at radius 3 is 3.00 bits per heavy atom. The highest BCUT2D eigenvalue weighted by molar-refractivity contribution is 5.85. The van der Waals surface area contributed by atoms with Crippen molar-refractivity contribution in [2.24, 2.45) is 0 Å². The van der Waals surface area contributed by atoms with E-state index in [-0.39, 0.29) is 12.4 Å². The zero-order valence-corrected chi connectivity index (χ0v) is 7.10. The molecule has 0 fully saturated rings. The largest absolute Gasteiger partial charge is 0.384 e. The molecule has 1 aliphatic heterocycles. The Hall–Kier alpha value is -0.700. The second-order valence-corrected chi connectivity index (χ2v) is 2.71. The van der Waals surface area contributed by atoms with Crippen LogP contribution < -0.4 is 5.73 Å². The molecule has 4 heteroatoms. The van der Waals surface area contributed by atoms with Crippen LogP contribution in [-0.4, -0.2) is 9.55 Å². The van der Waals surface area contributed by atoms with E-state index >= 15 is 0 Å². The first kappa shape index (κ1) is 8.40. The van der Waals surface area contributed by atoms with Crippen molar-refractivity contribution in [3.63, 3.8) is 0 Å². The lowest BCUT2D eigenvalue weighted by atomic mass is 10.2. The summed E-state index contributed by atoms with van der Waals surface area (Å²) in [7, 11) is 0. The normalized spacial score (nSPS) is 15.3. The minimum atomic E-state index is 0. The number of hydrogen-bond donors (Lipinski definition) is 1. The Bertz CT molecular complexity index is 244. The van der Waals surface area contributed by atoms with E-state index in [0.29, 0.717) is 0 Å². The summed E-state index contributed by atoms with van der Waals surface area (Å²) in [5.74, 6) is 1.97. The molecule has 0 saturated heterocycles. The quantitative estimate of drug-likeness (QED) is 0.641. The second-order valence-electron chi connectivity index (χ2n) is 2.71. The predicted octanol–water partition coefficient (Wildman–Crippen LogP) is 1.22. The smallest absolute Gasteiger partial charge is 0.123 e. The van der Waals surface area contributed by atoms with Crippen LogP contribution in [0, 0.1) is 0 Å². The molecular formula is C7H12ClN3. The van der Waals surface area contributed by atoms with E-state index in [1.165, 1.54) is 12.8 Å². The van der Waals surface area contributed by atoms with Gasteiger partial charge in [0.05, 0.1) is 6.20 Å². The molecule has 0 aliphatic carbocycles. The number of nitrogens with zero attached hydrogens (tertiary/aromatic N) is 2. The Kier molecular flexibility index (Phi) is 2.39. The maximum atomic E-state index is 5.66. The van der Waals surface area contributed by atoms with Gasteiger partial charge in [0.15, 0.2) is 0 Å². The van der Waals surface area contributed by atoms with E-state index in [2.05, 4.69) is 9.55 Å². The van der Waals surface area contributed by atoms with Crippen LogP contribution in [0.4, 0.5) is 5.82 Å². The van der Waals surface area contributed by atoms with Crippen molar-refractivity contribution in [2.75, 3.05) is 5.73 Å². The van der Waals surface area contributed by atoms with Gasteiger partial charge in [-0.1, -0.05) is 0 Å². The highest BCUT2D eigenvalue weighted by Gasteiger charge is 2.10. The molecule has 62 valence electrons. The Labute approximate surface area is 72.0 Å². The summed E-state index contributed by atoms with van der Waals surface area (Å²) in [6.07, 6.45) is 5.35. The van der Waals surface area contributed by atoms with Gasteiger partial charge in [0.25, 0.3) is 0 Å². The van der Waals surface area contributed by atoms with Crippen molar-refractivity contribution in [3.05, 3.63) is 12.0 Å². The summed E-state index contributed by atoms with van der Waals surface area (Å²) in [5.41, 5.74) is 5.66. The van der Waals surface area contributed by atoms with Gasteiger partial charge in [-0.15, -0.1) is 12.4 Å². The fourth-order valence-electron chi connectivity index (χ4n) is 1.44. The summed E-state index contributed by atoms with van der Waals surface area (Å²) in [5, 5.41) is 0. The van der Waals surface area contributed by atoms with E-state index in [4.69, 9.17) is 5.73 Å². The SMILES string of the molecule is Cl.Nc1cnc2n1CCCC2. The number of nitrogens with two attached hydrogens (primary N) is 1. The van der Waals surface area contributed by atoms with Crippen molar-refractivity contribution in [1.82, 2.24) is 9.55 Å². The predicted molar refractivity (Wildman–Crippen MR) is 46.8 cm³/mol. The van der Waals surface area contributed by atoms with Gasteiger partial charge in [-0.25, -0.2) is 4.98 Å². The van der Waals surface area contributed by atoms with Crippen molar-refractivity contribution in [1.29, 1.82) is 0 Å². The standard InChI is InChI=1S/C7H11N3.ClH/c8-6-5-9-7-3-1-2-4-10(6)7;/h5H,1-4,8H2;1H. The molecule has 2 N–H and O–H groups in total. The maximum Gasteiger partial charge on any atom is 0.123 e. The number of hydrogen-bond acceptors (Lipinski definition) is 2. The molecule has 1 aliphatic rings. The third kappa shape index (κ3) is 1.33. The number of fused-ring (bicyclic) bond motifs is 1. The number of nitrogen functional groups attached to an aromatic ring is 1. The number of imidazole rings is 1. The molecule has 1 aromatic rings. The second kappa shape index (κ2) is 3.13. The summed E-state index contributed by atoms with van der Waals surface area (Å²) < 4.78 is 2.10. The van der Waals surface area contributed by atoms with Crippen LogP contribution in [0.15, 0.2) is 6.20 Å². The van der Waals surface area contributed by atoms with E-state index in [9.17, 15) is 0 Å². The lowest BCUT2D eigenvalue weighted by Crippen LogP contribution is -2.12. The third-order valence-corrected chi connectivity index (χ3v) is 2.00. The van der Waals surface area contributed by atoms with Gasteiger partial charge >= 0.3 is 0 Å². The van der Waals surface area contributed by atoms with Crippen molar-refractivity contribution >= 4 is 18.2 Å². The fourth-order valence-corrected chi connectivity index (χ4v) is 1.44. The molecule has 1 aromatic heterocycles. The third-order valence-electron chi connectivity index (χ3n) is 2.00. The number of halogens is 1. The molecule has 2 rings (SSSR count). The van der Waals surface area contributed by atoms with Crippen LogP contribution in [0.25, 0.3) is 0 Å². The monoisotopic (exact) mass is 173 g/mol. The van der Waals surface area contributed by atoms with Crippen LogP contribution >= 0.6 is 12.4 Å². The maximum absolute atomic E-state index is 5.66. The van der Waals surface area contributed by atoms with Crippen LogP contribution in [0.3, 0.4) is 0 Å². The minimum Gasteiger partial charge on any atom is -0.384 e. The highest BCUT2D eigenvalue weighted by Crippen LogP contribution is 2.16. The molecule has 11 heavy (non-hydrogen) atoms. The molecule has 0 atom stereocenters. The molecule has 0 bridgehead atoms. The van der Waals surface area contributed by atoms with Gasteiger partial charge in [0.1, 0.15) is 11.6 Å². The van der Waals surface area contributed by atoms with E-state index in [1.54, 1.807) is 6.20 Å². The first-order chi connectivity index (χ1) is 4.88. The van der Waals surface area contributed by atoms with Crippen molar-refractivity contribution in [3.8, 4) is 0 Å². The fraction of sp³-hybridized carbons (Fsp3) is 0.571. The number of aryl methyl sites for hydroxylation is 1. The zero-order valence-electron chi connectivity index (χ0n) is 6.29. The summed E-state index contributed by atoms with van der Waals surface area (Å²) in [6.45, 7) is 1.06. The number of rotatable bonds is 0. The zero-order chi connectivity index (χ0) is 6.97. The Balaban J connectivity index is 0.000000605. The van der Waals surface area contributed by atoms with Gasteiger partial charge < -0.3 is 10.3 Å². The molecule has 0 aromatic carbocycles. The van der Waals surface area contributed by atoms with Crippen molar-refractivity contribution in [2.45, 2.75) is 25.8 Å². The summed E-state index contributed by atoms with van der Waals surface area (Å²) >= 11 is 0. The van der Waals surface area contributed by atoms with Crippen LogP contribution in [-0.2, 0) is 13.0 Å². The number of anilines is 1. The van der Waals surface area contributed by atoms with Crippen molar-refractivity contribution < 1.29 is 0 Å². The summed E-state index contributed by atoms with van der Waals surface area (Å²) in [4.78, 5) is 4.19. The highest BCUT2D eigenvalue weighted by atomic mass is 35.5. The Morgan fingerprint density at radius 1 is 1.45 bits per heavy atom. The number of aromatic nitrogens is 2. The molecule has 3 nitrogen and oxygen atoms in total. The first-order valence-corrected chi connectivity index (χ1v) is 3.68. The lowest BCUT2D eigenvalue weighted by Gasteiger charge is -2.13. The van der Waals surface area contributed by atoms with Crippen LogP contribution in [0.5, 0.6) is 0 Å². The van der Waals surface area contributed by atoms with Gasteiger partial charge in [0.2, 0.25) is 0 Å². The van der Waals surface area contributed by atoms with E-state index in [1.807, 2.05) is 0 Å². The minimum absolute atomic E-state index is 0. The topological polar surface area (TPSA) is 43.8 Å². The molecule has 0 unspecified atom stereocenters. The average molecular weight is 174 g/mol. The van der Waals surface area contributed by atoms with E-state index < -0.39 is 0 Å². The summed E-state index contributed by atoms with van der Waals surface area (Å²) in [6, 6.07) is 0. The van der Waals surface area contributed by atoms with Crippen LogP contribution in [0.2, 0.25) is 0 Å². The molecule has 0 radical (unpaired) electrons. The average Bonchev–Trinajstić information content (AvgIpc) is 2.34. The lowest BCUT2D eigenvalue weighted by molar-refractivity contribution is 0.527.